The number of hydrogen-bond donors (Lipinski definition) is 1. The average Bonchev–Trinajstić information content (AvgIpc) is 3.11. The third kappa shape index (κ3) is 3.51. The highest BCUT2D eigenvalue weighted by molar-refractivity contribution is 5.51. The van der Waals surface area contributed by atoms with Crippen LogP contribution in [-0.2, 0) is 0 Å². The molecule has 3 fully saturated rings. The van der Waals surface area contributed by atoms with Crippen LogP contribution in [0.5, 0.6) is 0 Å². The molecule has 6 heteroatoms. The average molecular weight is 344 g/mol. The Morgan fingerprint density at radius 2 is 1.72 bits per heavy atom. The first kappa shape index (κ1) is 16.8. The van der Waals surface area contributed by atoms with Crippen LogP contribution in [0.25, 0.3) is 0 Å². The minimum Gasteiger partial charge on any atom is -0.369 e. The Morgan fingerprint density at radius 1 is 1.04 bits per heavy atom. The first-order chi connectivity index (χ1) is 12.2. The van der Waals surface area contributed by atoms with E-state index in [4.69, 9.17) is 0 Å². The summed E-state index contributed by atoms with van der Waals surface area (Å²) in [4.78, 5) is 15.5. The van der Waals surface area contributed by atoms with Crippen molar-refractivity contribution in [3.8, 4) is 0 Å². The maximum absolute atomic E-state index is 10.8. The van der Waals surface area contributed by atoms with Crippen LogP contribution in [0.2, 0.25) is 0 Å². The molecular weight excluding hydrogens is 316 g/mol. The maximum atomic E-state index is 10.8. The Balaban J connectivity index is 1.29. The van der Waals surface area contributed by atoms with Crippen molar-refractivity contribution in [1.29, 1.82) is 0 Å². The van der Waals surface area contributed by atoms with Gasteiger partial charge in [0.1, 0.15) is 0 Å². The molecule has 0 aromatic heterocycles. The van der Waals surface area contributed by atoms with E-state index in [9.17, 15) is 10.1 Å². The molecule has 1 aliphatic carbocycles. The summed E-state index contributed by atoms with van der Waals surface area (Å²) >= 11 is 0. The van der Waals surface area contributed by atoms with E-state index in [-0.39, 0.29) is 10.6 Å². The van der Waals surface area contributed by atoms with Crippen LogP contribution >= 0.6 is 0 Å². The van der Waals surface area contributed by atoms with Gasteiger partial charge < -0.3 is 10.2 Å². The largest absolute Gasteiger partial charge is 0.369 e. The lowest BCUT2D eigenvalue weighted by Crippen LogP contribution is -2.52. The van der Waals surface area contributed by atoms with Gasteiger partial charge >= 0.3 is 0 Å². The molecule has 1 aromatic rings. The number of hydrogen-bond acceptors (Lipinski definition) is 5. The highest BCUT2D eigenvalue weighted by Crippen LogP contribution is 2.42. The van der Waals surface area contributed by atoms with Gasteiger partial charge in [0.15, 0.2) is 0 Å². The second kappa shape index (κ2) is 6.92. The molecule has 136 valence electrons. The highest BCUT2D eigenvalue weighted by atomic mass is 16.6. The second-order valence-corrected chi connectivity index (χ2v) is 7.95. The van der Waals surface area contributed by atoms with E-state index >= 15 is 0 Å². The Labute approximate surface area is 149 Å². The van der Waals surface area contributed by atoms with E-state index in [1.165, 1.54) is 45.2 Å². The minimum absolute atomic E-state index is 0.167. The van der Waals surface area contributed by atoms with Gasteiger partial charge in [-0.1, -0.05) is 0 Å². The van der Waals surface area contributed by atoms with Crippen molar-refractivity contribution in [2.75, 3.05) is 44.2 Å². The van der Waals surface area contributed by atoms with Crippen LogP contribution in [0.3, 0.4) is 0 Å². The Kier molecular flexibility index (Phi) is 4.65. The number of benzene rings is 1. The van der Waals surface area contributed by atoms with Gasteiger partial charge in [-0.2, -0.15) is 0 Å². The molecule has 1 saturated carbocycles. The fourth-order valence-electron chi connectivity index (χ4n) is 4.93. The van der Waals surface area contributed by atoms with Gasteiger partial charge in [-0.3, -0.25) is 15.0 Å². The first-order valence-electron chi connectivity index (χ1n) is 9.59. The molecule has 2 heterocycles. The smallest absolute Gasteiger partial charge is 0.269 e. The lowest BCUT2D eigenvalue weighted by atomic mass is 9.71. The molecule has 3 aliphatic rings. The normalized spacial score (nSPS) is 30.7. The molecule has 0 bridgehead atoms. The van der Waals surface area contributed by atoms with Crippen molar-refractivity contribution in [3.63, 3.8) is 0 Å². The number of nitrogens with one attached hydrogen (secondary N) is 1. The molecule has 1 spiro atoms. The molecule has 2 aliphatic heterocycles. The number of nitro groups is 1. The lowest BCUT2D eigenvalue weighted by molar-refractivity contribution is -0.384. The Morgan fingerprint density at radius 3 is 2.28 bits per heavy atom. The van der Waals surface area contributed by atoms with Crippen molar-refractivity contribution in [2.45, 2.75) is 38.1 Å². The number of non-ortho nitro benzene ring substituents is 1. The summed E-state index contributed by atoms with van der Waals surface area (Å²) < 4.78 is 0. The summed E-state index contributed by atoms with van der Waals surface area (Å²) in [7, 11) is 0. The molecule has 1 N–H and O–H groups in total. The standard InChI is InChI=1S/C19H28N4O2/c24-23(25)18-3-1-16(2-4-18)21-11-13-22(14-12-21)17-5-7-19(8-6-17)9-10-20-15-19/h1-4,17,20H,5-15H2. The molecular formula is C19H28N4O2. The van der Waals surface area contributed by atoms with Crippen molar-refractivity contribution in [1.82, 2.24) is 10.2 Å². The molecule has 1 aromatic carbocycles. The van der Waals surface area contributed by atoms with Crippen molar-refractivity contribution in [2.24, 2.45) is 5.41 Å². The molecule has 0 radical (unpaired) electrons. The monoisotopic (exact) mass is 344 g/mol. The lowest BCUT2D eigenvalue weighted by Gasteiger charge is -2.45. The quantitative estimate of drug-likeness (QED) is 0.675. The zero-order valence-corrected chi connectivity index (χ0v) is 14.8. The fraction of sp³-hybridized carbons (Fsp3) is 0.684. The van der Waals surface area contributed by atoms with Crippen molar-refractivity contribution >= 4 is 11.4 Å². The maximum Gasteiger partial charge on any atom is 0.269 e. The zero-order chi connectivity index (χ0) is 17.3. The molecule has 25 heavy (non-hydrogen) atoms. The van der Waals surface area contributed by atoms with E-state index < -0.39 is 0 Å². The van der Waals surface area contributed by atoms with Gasteiger partial charge in [-0.25, -0.2) is 0 Å². The summed E-state index contributed by atoms with van der Waals surface area (Å²) in [6.07, 6.45) is 6.83. The van der Waals surface area contributed by atoms with Gasteiger partial charge in [0.25, 0.3) is 5.69 Å². The fourth-order valence-corrected chi connectivity index (χ4v) is 4.93. The van der Waals surface area contributed by atoms with Gasteiger partial charge in [0, 0.05) is 56.6 Å². The van der Waals surface area contributed by atoms with E-state index in [0.717, 1.165) is 37.9 Å². The molecule has 2 saturated heterocycles. The predicted molar refractivity (Wildman–Crippen MR) is 99.1 cm³/mol. The van der Waals surface area contributed by atoms with Gasteiger partial charge in [0.05, 0.1) is 4.92 Å². The van der Waals surface area contributed by atoms with E-state index in [2.05, 4.69) is 15.1 Å². The summed E-state index contributed by atoms with van der Waals surface area (Å²) in [5.41, 5.74) is 1.88. The topological polar surface area (TPSA) is 61.7 Å². The van der Waals surface area contributed by atoms with Crippen LogP contribution < -0.4 is 10.2 Å². The third-order valence-electron chi connectivity index (χ3n) is 6.60. The Hall–Kier alpha value is -1.66. The summed E-state index contributed by atoms with van der Waals surface area (Å²) in [5.74, 6) is 0. The minimum atomic E-state index is -0.336. The van der Waals surface area contributed by atoms with Crippen LogP contribution in [0.15, 0.2) is 24.3 Å². The summed E-state index contributed by atoms with van der Waals surface area (Å²) in [6, 6.07) is 7.73. The zero-order valence-electron chi connectivity index (χ0n) is 14.8. The van der Waals surface area contributed by atoms with Crippen LogP contribution in [0, 0.1) is 15.5 Å². The van der Waals surface area contributed by atoms with Crippen LogP contribution in [0.1, 0.15) is 32.1 Å². The molecule has 4 rings (SSSR count). The molecule has 6 nitrogen and oxygen atoms in total. The van der Waals surface area contributed by atoms with Crippen molar-refractivity contribution in [3.05, 3.63) is 34.4 Å². The molecule has 0 amide bonds. The van der Waals surface area contributed by atoms with E-state index in [1.807, 2.05) is 12.1 Å². The number of nitro benzene ring substituents is 1. The Bertz CT molecular complexity index is 594. The van der Waals surface area contributed by atoms with E-state index in [0.29, 0.717) is 5.41 Å². The van der Waals surface area contributed by atoms with Crippen LogP contribution in [0.4, 0.5) is 11.4 Å². The number of nitrogens with zero attached hydrogens (tertiary/aromatic N) is 3. The molecule has 0 unspecified atom stereocenters. The number of rotatable bonds is 3. The number of anilines is 1. The number of piperazine rings is 1. The van der Waals surface area contributed by atoms with Crippen molar-refractivity contribution < 1.29 is 4.92 Å². The van der Waals surface area contributed by atoms with Crippen LogP contribution in [-0.4, -0.2) is 55.1 Å². The highest BCUT2D eigenvalue weighted by Gasteiger charge is 2.39. The van der Waals surface area contributed by atoms with Gasteiger partial charge in [-0.15, -0.1) is 0 Å². The first-order valence-corrected chi connectivity index (χ1v) is 9.59. The molecule has 0 atom stereocenters. The second-order valence-electron chi connectivity index (χ2n) is 7.95. The summed E-state index contributed by atoms with van der Waals surface area (Å²) in [5, 5.41) is 14.3. The predicted octanol–water partition coefficient (Wildman–Crippen LogP) is 2.64. The summed E-state index contributed by atoms with van der Waals surface area (Å²) in [6.45, 7) is 6.67. The third-order valence-corrected chi connectivity index (χ3v) is 6.60. The van der Waals surface area contributed by atoms with E-state index in [1.54, 1.807) is 12.1 Å². The van der Waals surface area contributed by atoms with Gasteiger partial charge in [-0.05, 0) is 56.2 Å². The SMILES string of the molecule is O=[N+]([O-])c1ccc(N2CCN(C3CCC4(CCNC4)CC3)CC2)cc1. The van der Waals surface area contributed by atoms with Gasteiger partial charge in [0.2, 0.25) is 0 Å².